The van der Waals surface area contributed by atoms with E-state index in [1.165, 1.54) is 5.56 Å². The molecule has 1 aliphatic heterocycles. The minimum absolute atomic E-state index is 0.189. The molecule has 20 heavy (non-hydrogen) atoms. The summed E-state index contributed by atoms with van der Waals surface area (Å²) in [6.07, 6.45) is 0.906. The van der Waals surface area contributed by atoms with Crippen LogP contribution < -0.4 is 0 Å². The quantitative estimate of drug-likeness (QED) is 0.885. The first-order chi connectivity index (χ1) is 9.29. The Kier molecular flexibility index (Phi) is 4.16. The summed E-state index contributed by atoms with van der Waals surface area (Å²) in [5, 5.41) is 19.5. The van der Waals surface area contributed by atoms with Gasteiger partial charge in [-0.25, -0.2) is 4.79 Å². The van der Waals surface area contributed by atoms with Gasteiger partial charge in [0.1, 0.15) is 0 Å². The van der Waals surface area contributed by atoms with Crippen LogP contribution in [0, 0.1) is 5.92 Å². The van der Waals surface area contributed by atoms with Gasteiger partial charge in [-0.1, -0.05) is 19.9 Å². The van der Waals surface area contributed by atoms with Gasteiger partial charge in [0.15, 0.2) is 0 Å². The molecule has 0 aromatic heterocycles. The lowest BCUT2D eigenvalue weighted by atomic mass is 9.90. The fourth-order valence-electron chi connectivity index (χ4n) is 2.52. The van der Waals surface area contributed by atoms with Crippen molar-refractivity contribution in [3.63, 3.8) is 0 Å². The third-order valence-electron chi connectivity index (χ3n) is 4.33. The highest BCUT2D eigenvalue weighted by molar-refractivity contribution is 5.87. The van der Waals surface area contributed by atoms with Gasteiger partial charge in [0.25, 0.3) is 0 Å². The fraction of sp³-hybridized carbons (Fsp3) is 0.562. The molecular formula is C16H23NO3. The van der Waals surface area contributed by atoms with E-state index in [0.717, 1.165) is 18.5 Å². The standard InChI is InChI=1S/C16H23NO3/c1-11(2)16(3,20)10-17-7-6-12-4-5-13(15(18)19)8-14(12)9-17/h4-5,8,11,20H,6-7,9-10H2,1-3H3,(H,18,19). The molecule has 4 nitrogen and oxygen atoms in total. The van der Waals surface area contributed by atoms with Gasteiger partial charge in [-0.15, -0.1) is 0 Å². The number of carboxylic acid groups (broad SMARTS) is 1. The molecule has 1 atom stereocenters. The van der Waals surface area contributed by atoms with Crippen LogP contribution in [0.2, 0.25) is 0 Å². The van der Waals surface area contributed by atoms with Gasteiger partial charge in [0.05, 0.1) is 11.2 Å². The number of hydrogen-bond acceptors (Lipinski definition) is 3. The Bertz CT molecular complexity index is 508. The smallest absolute Gasteiger partial charge is 0.335 e. The molecule has 1 aromatic carbocycles. The third kappa shape index (κ3) is 3.19. The summed E-state index contributed by atoms with van der Waals surface area (Å²) in [5.41, 5.74) is 1.90. The molecule has 2 rings (SSSR count). The van der Waals surface area contributed by atoms with Crippen molar-refractivity contribution < 1.29 is 15.0 Å². The van der Waals surface area contributed by atoms with E-state index in [-0.39, 0.29) is 5.92 Å². The first kappa shape index (κ1) is 15.0. The second-order valence-corrected chi connectivity index (χ2v) is 6.26. The van der Waals surface area contributed by atoms with Gasteiger partial charge in [-0.3, -0.25) is 4.90 Å². The molecule has 2 N–H and O–H groups in total. The van der Waals surface area contributed by atoms with Crippen LogP contribution in [0.1, 0.15) is 42.3 Å². The van der Waals surface area contributed by atoms with Crippen molar-refractivity contribution in [1.82, 2.24) is 4.90 Å². The van der Waals surface area contributed by atoms with E-state index in [1.807, 2.05) is 26.8 Å². The van der Waals surface area contributed by atoms with Gasteiger partial charge in [0.2, 0.25) is 0 Å². The lowest BCUT2D eigenvalue weighted by Crippen LogP contribution is -2.46. The Hall–Kier alpha value is -1.39. The molecule has 0 spiro atoms. The minimum Gasteiger partial charge on any atom is -0.478 e. The maximum Gasteiger partial charge on any atom is 0.335 e. The Morgan fingerprint density at radius 2 is 2.10 bits per heavy atom. The molecule has 110 valence electrons. The highest BCUT2D eigenvalue weighted by Gasteiger charge is 2.29. The molecule has 0 fully saturated rings. The van der Waals surface area contributed by atoms with Crippen LogP contribution in [-0.4, -0.2) is 39.8 Å². The lowest BCUT2D eigenvalue weighted by molar-refractivity contribution is -0.0219. The monoisotopic (exact) mass is 277 g/mol. The van der Waals surface area contributed by atoms with Gasteiger partial charge < -0.3 is 10.2 Å². The number of aromatic carboxylic acids is 1. The summed E-state index contributed by atoms with van der Waals surface area (Å²) < 4.78 is 0. The molecule has 0 bridgehead atoms. The predicted octanol–water partition coefficient (Wildman–Crippen LogP) is 2.15. The molecule has 4 heteroatoms. The van der Waals surface area contributed by atoms with E-state index < -0.39 is 11.6 Å². The maximum atomic E-state index is 11.0. The number of benzene rings is 1. The third-order valence-corrected chi connectivity index (χ3v) is 4.33. The van der Waals surface area contributed by atoms with Crippen molar-refractivity contribution >= 4 is 5.97 Å². The van der Waals surface area contributed by atoms with Crippen LogP contribution in [-0.2, 0) is 13.0 Å². The Balaban J connectivity index is 2.13. The lowest BCUT2D eigenvalue weighted by Gasteiger charge is -2.37. The number of nitrogens with zero attached hydrogens (tertiary/aromatic N) is 1. The second-order valence-electron chi connectivity index (χ2n) is 6.26. The van der Waals surface area contributed by atoms with Crippen molar-refractivity contribution in [1.29, 1.82) is 0 Å². The van der Waals surface area contributed by atoms with Crippen molar-refractivity contribution in [3.05, 3.63) is 34.9 Å². The van der Waals surface area contributed by atoms with Crippen molar-refractivity contribution in [2.24, 2.45) is 5.92 Å². The summed E-state index contributed by atoms with van der Waals surface area (Å²) in [7, 11) is 0. The van der Waals surface area contributed by atoms with Crippen molar-refractivity contribution in [2.75, 3.05) is 13.1 Å². The number of hydrogen-bond donors (Lipinski definition) is 2. The second kappa shape index (κ2) is 5.54. The van der Waals surface area contributed by atoms with Gasteiger partial charge in [0, 0.05) is 19.6 Å². The topological polar surface area (TPSA) is 60.8 Å². The summed E-state index contributed by atoms with van der Waals surface area (Å²) in [6, 6.07) is 5.34. The average molecular weight is 277 g/mol. The number of carboxylic acids is 1. The number of β-amino-alcohol motifs (C(OH)–C–C–N with tert-alkyl or cyclic N) is 1. The largest absolute Gasteiger partial charge is 0.478 e. The van der Waals surface area contributed by atoms with Gasteiger partial charge >= 0.3 is 5.97 Å². The van der Waals surface area contributed by atoms with Gasteiger partial charge in [-0.05, 0) is 42.5 Å². The number of rotatable bonds is 4. The molecule has 1 aromatic rings. The van der Waals surface area contributed by atoms with Crippen LogP contribution in [0.25, 0.3) is 0 Å². The molecular weight excluding hydrogens is 254 g/mol. The highest BCUT2D eigenvalue weighted by atomic mass is 16.4. The zero-order valence-corrected chi connectivity index (χ0v) is 12.4. The van der Waals surface area contributed by atoms with E-state index in [4.69, 9.17) is 5.11 Å². The highest BCUT2D eigenvalue weighted by Crippen LogP contribution is 2.24. The Labute approximate surface area is 120 Å². The van der Waals surface area contributed by atoms with Crippen molar-refractivity contribution in [2.45, 2.75) is 39.3 Å². The molecule has 0 saturated carbocycles. The zero-order chi connectivity index (χ0) is 14.9. The summed E-state index contributed by atoms with van der Waals surface area (Å²) in [6.45, 7) is 8.12. The van der Waals surface area contributed by atoms with Crippen LogP contribution in [0.3, 0.4) is 0 Å². The van der Waals surface area contributed by atoms with Crippen molar-refractivity contribution in [3.8, 4) is 0 Å². The first-order valence-corrected chi connectivity index (χ1v) is 7.09. The molecule has 0 amide bonds. The number of fused-ring (bicyclic) bond motifs is 1. The first-order valence-electron chi connectivity index (χ1n) is 7.09. The SMILES string of the molecule is CC(C)C(C)(O)CN1CCc2ccc(C(=O)O)cc2C1. The zero-order valence-electron chi connectivity index (χ0n) is 12.4. The van der Waals surface area contributed by atoms with E-state index in [0.29, 0.717) is 18.7 Å². The van der Waals surface area contributed by atoms with E-state index in [1.54, 1.807) is 12.1 Å². The van der Waals surface area contributed by atoms with Crippen LogP contribution >= 0.6 is 0 Å². The van der Waals surface area contributed by atoms with E-state index >= 15 is 0 Å². The Morgan fingerprint density at radius 1 is 1.40 bits per heavy atom. The Morgan fingerprint density at radius 3 is 2.70 bits per heavy atom. The van der Waals surface area contributed by atoms with E-state index in [9.17, 15) is 9.90 Å². The van der Waals surface area contributed by atoms with Crippen LogP contribution in [0.15, 0.2) is 18.2 Å². The summed E-state index contributed by atoms with van der Waals surface area (Å²) in [5.74, 6) is -0.701. The predicted molar refractivity (Wildman–Crippen MR) is 77.8 cm³/mol. The molecule has 0 aliphatic carbocycles. The maximum absolute atomic E-state index is 11.0. The van der Waals surface area contributed by atoms with E-state index in [2.05, 4.69) is 4.90 Å². The number of carbonyl (C=O) groups is 1. The summed E-state index contributed by atoms with van der Waals surface area (Å²) in [4.78, 5) is 13.2. The molecule has 1 unspecified atom stereocenters. The summed E-state index contributed by atoms with van der Waals surface area (Å²) >= 11 is 0. The minimum atomic E-state index is -0.890. The average Bonchev–Trinajstić information content (AvgIpc) is 2.37. The van der Waals surface area contributed by atoms with Gasteiger partial charge in [-0.2, -0.15) is 0 Å². The molecule has 0 saturated heterocycles. The normalized spacial score (nSPS) is 18.6. The molecule has 1 heterocycles. The fourth-order valence-corrected chi connectivity index (χ4v) is 2.52. The molecule has 1 aliphatic rings. The number of aliphatic hydroxyl groups is 1. The van der Waals surface area contributed by atoms with Crippen LogP contribution in [0.4, 0.5) is 0 Å². The van der Waals surface area contributed by atoms with Crippen LogP contribution in [0.5, 0.6) is 0 Å². The molecule has 0 radical (unpaired) electrons.